The van der Waals surface area contributed by atoms with Crippen molar-refractivity contribution >= 4 is 21.7 Å². The Kier molecular flexibility index (Phi) is 5.38. The van der Waals surface area contributed by atoms with E-state index >= 15 is 0 Å². The quantitative estimate of drug-likeness (QED) is 0.829. The molecule has 1 amide bonds. The van der Waals surface area contributed by atoms with E-state index < -0.39 is 10.0 Å². The van der Waals surface area contributed by atoms with Gasteiger partial charge in [0, 0.05) is 44.4 Å². The highest BCUT2D eigenvalue weighted by atomic mass is 32.2. The molecule has 0 bridgehead atoms. The van der Waals surface area contributed by atoms with Crippen LogP contribution in [-0.4, -0.2) is 51.3 Å². The SMILES string of the molecule is Cc1nn(C)cc1S(=O)(=O)N1CCC(C(=O)Nc2ccnn2C(C)C)CC1. The van der Waals surface area contributed by atoms with Gasteiger partial charge in [0.1, 0.15) is 10.7 Å². The Morgan fingerprint density at radius 2 is 1.96 bits per heavy atom. The van der Waals surface area contributed by atoms with Gasteiger partial charge in [0.15, 0.2) is 0 Å². The molecule has 0 aliphatic carbocycles. The van der Waals surface area contributed by atoms with Crippen LogP contribution in [0.2, 0.25) is 0 Å². The minimum atomic E-state index is -3.58. The number of hydrogen-bond donors (Lipinski definition) is 1. The topological polar surface area (TPSA) is 102 Å². The van der Waals surface area contributed by atoms with Crippen LogP contribution < -0.4 is 5.32 Å². The van der Waals surface area contributed by atoms with Crippen molar-refractivity contribution < 1.29 is 13.2 Å². The average molecular weight is 395 g/mol. The van der Waals surface area contributed by atoms with Gasteiger partial charge in [-0.3, -0.25) is 9.48 Å². The molecule has 0 aromatic carbocycles. The van der Waals surface area contributed by atoms with E-state index in [0.29, 0.717) is 37.4 Å². The second kappa shape index (κ2) is 7.43. The number of aryl methyl sites for hydroxylation is 2. The molecule has 27 heavy (non-hydrogen) atoms. The fourth-order valence-electron chi connectivity index (χ4n) is 3.38. The van der Waals surface area contributed by atoms with Gasteiger partial charge in [-0.1, -0.05) is 0 Å². The smallest absolute Gasteiger partial charge is 0.246 e. The molecule has 3 rings (SSSR count). The van der Waals surface area contributed by atoms with Crippen molar-refractivity contribution in [3.8, 4) is 0 Å². The average Bonchev–Trinajstić information content (AvgIpc) is 3.21. The summed E-state index contributed by atoms with van der Waals surface area (Å²) < 4.78 is 30.4. The number of nitrogens with zero attached hydrogens (tertiary/aromatic N) is 5. The lowest BCUT2D eigenvalue weighted by molar-refractivity contribution is -0.121. The molecule has 148 valence electrons. The molecule has 0 saturated carbocycles. The Morgan fingerprint density at radius 1 is 1.30 bits per heavy atom. The number of piperidine rings is 1. The lowest BCUT2D eigenvalue weighted by Crippen LogP contribution is -2.41. The largest absolute Gasteiger partial charge is 0.311 e. The zero-order chi connectivity index (χ0) is 19.8. The van der Waals surface area contributed by atoms with Crippen LogP contribution in [0.1, 0.15) is 38.4 Å². The molecule has 0 spiro atoms. The van der Waals surface area contributed by atoms with Gasteiger partial charge < -0.3 is 5.32 Å². The van der Waals surface area contributed by atoms with E-state index in [9.17, 15) is 13.2 Å². The summed E-state index contributed by atoms with van der Waals surface area (Å²) >= 11 is 0. The summed E-state index contributed by atoms with van der Waals surface area (Å²) in [6.45, 7) is 6.31. The molecule has 0 unspecified atom stereocenters. The van der Waals surface area contributed by atoms with Crippen LogP contribution in [0.25, 0.3) is 0 Å². The number of sulfonamides is 1. The van der Waals surface area contributed by atoms with Crippen molar-refractivity contribution in [2.45, 2.75) is 44.6 Å². The molecule has 1 fully saturated rings. The Bertz CT molecular complexity index is 922. The summed E-state index contributed by atoms with van der Waals surface area (Å²) in [6.07, 6.45) is 4.15. The van der Waals surface area contributed by atoms with Gasteiger partial charge >= 0.3 is 0 Å². The molecule has 1 aliphatic rings. The van der Waals surface area contributed by atoms with E-state index in [4.69, 9.17) is 0 Å². The first-order valence-corrected chi connectivity index (χ1v) is 10.5. The summed E-state index contributed by atoms with van der Waals surface area (Å²) in [7, 11) is -1.89. The van der Waals surface area contributed by atoms with Gasteiger partial charge in [-0.2, -0.15) is 14.5 Å². The Labute approximate surface area is 159 Å². The standard InChI is InChI=1S/C17H26N6O3S/c1-12(2)23-16(5-8-18-23)19-17(24)14-6-9-22(10-7-14)27(25,26)15-11-21(4)20-13(15)3/h5,8,11-12,14H,6-7,9-10H2,1-4H3,(H,19,24). The zero-order valence-corrected chi connectivity index (χ0v) is 16.9. The molecule has 10 heteroatoms. The van der Waals surface area contributed by atoms with E-state index in [0.717, 1.165) is 0 Å². The maximum absolute atomic E-state index is 12.8. The van der Waals surface area contributed by atoms with E-state index in [1.807, 2.05) is 13.8 Å². The molecule has 1 aliphatic heterocycles. The number of carbonyl (C=O) groups is 1. The minimum Gasteiger partial charge on any atom is -0.311 e. The molecule has 0 atom stereocenters. The van der Waals surface area contributed by atoms with Crippen molar-refractivity contribution in [1.82, 2.24) is 23.9 Å². The van der Waals surface area contributed by atoms with Crippen molar-refractivity contribution in [1.29, 1.82) is 0 Å². The van der Waals surface area contributed by atoms with Gasteiger partial charge in [-0.25, -0.2) is 13.1 Å². The van der Waals surface area contributed by atoms with Crippen LogP contribution in [-0.2, 0) is 21.9 Å². The molecular formula is C17H26N6O3S. The van der Waals surface area contributed by atoms with Gasteiger partial charge in [0.2, 0.25) is 15.9 Å². The lowest BCUT2D eigenvalue weighted by atomic mass is 9.97. The summed E-state index contributed by atoms with van der Waals surface area (Å²) in [4.78, 5) is 12.8. The zero-order valence-electron chi connectivity index (χ0n) is 16.1. The van der Waals surface area contributed by atoms with Gasteiger partial charge in [0.05, 0.1) is 11.9 Å². The fourth-order valence-corrected chi connectivity index (χ4v) is 5.05. The highest BCUT2D eigenvalue weighted by molar-refractivity contribution is 7.89. The Balaban J connectivity index is 1.64. The van der Waals surface area contributed by atoms with Crippen molar-refractivity contribution in [3.05, 3.63) is 24.2 Å². The van der Waals surface area contributed by atoms with Crippen LogP contribution in [0.3, 0.4) is 0 Å². The maximum atomic E-state index is 12.8. The Hall–Kier alpha value is -2.20. The monoisotopic (exact) mass is 394 g/mol. The van der Waals surface area contributed by atoms with Crippen molar-refractivity contribution in [3.63, 3.8) is 0 Å². The summed E-state index contributed by atoms with van der Waals surface area (Å²) in [6, 6.07) is 1.91. The van der Waals surface area contributed by atoms with Gasteiger partial charge in [0.25, 0.3) is 0 Å². The highest BCUT2D eigenvalue weighted by Crippen LogP contribution is 2.26. The van der Waals surface area contributed by atoms with Crippen LogP contribution >= 0.6 is 0 Å². The predicted molar refractivity (Wildman–Crippen MR) is 101 cm³/mol. The van der Waals surface area contributed by atoms with Crippen LogP contribution in [0.4, 0.5) is 5.82 Å². The number of carbonyl (C=O) groups excluding carboxylic acids is 1. The molecule has 1 saturated heterocycles. The third-order valence-electron chi connectivity index (χ3n) is 4.82. The van der Waals surface area contributed by atoms with E-state index in [2.05, 4.69) is 15.5 Å². The number of aromatic nitrogens is 4. The highest BCUT2D eigenvalue weighted by Gasteiger charge is 2.34. The molecule has 2 aromatic heterocycles. The van der Waals surface area contributed by atoms with Crippen LogP contribution in [0.15, 0.2) is 23.4 Å². The van der Waals surface area contributed by atoms with Crippen molar-refractivity contribution in [2.24, 2.45) is 13.0 Å². The minimum absolute atomic E-state index is 0.0907. The van der Waals surface area contributed by atoms with Crippen LogP contribution in [0, 0.1) is 12.8 Å². The first kappa shape index (κ1) is 19.6. The summed E-state index contributed by atoms with van der Waals surface area (Å²) in [5, 5.41) is 11.2. The van der Waals surface area contributed by atoms with Crippen molar-refractivity contribution in [2.75, 3.05) is 18.4 Å². The molecule has 3 heterocycles. The van der Waals surface area contributed by atoms with Gasteiger partial charge in [-0.05, 0) is 33.6 Å². The fraction of sp³-hybridized carbons (Fsp3) is 0.588. The second-order valence-corrected chi connectivity index (χ2v) is 9.08. The number of nitrogens with one attached hydrogen (secondary N) is 1. The van der Waals surface area contributed by atoms with Crippen LogP contribution in [0.5, 0.6) is 0 Å². The first-order chi connectivity index (χ1) is 12.7. The molecule has 2 aromatic rings. The maximum Gasteiger partial charge on any atom is 0.246 e. The first-order valence-electron chi connectivity index (χ1n) is 9.05. The molecule has 1 N–H and O–H groups in total. The normalized spacial score (nSPS) is 16.8. The molecule has 0 radical (unpaired) electrons. The second-order valence-electron chi connectivity index (χ2n) is 7.17. The Morgan fingerprint density at radius 3 is 2.52 bits per heavy atom. The number of amides is 1. The number of hydrogen-bond acceptors (Lipinski definition) is 5. The molecular weight excluding hydrogens is 368 g/mol. The summed E-state index contributed by atoms with van der Waals surface area (Å²) in [5.74, 6) is 0.352. The predicted octanol–water partition coefficient (Wildman–Crippen LogP) is 1.55. The van der Waals surface area contributed by atoms with E-state index in [1.54, 1.807) is 30.9 Å². The summed E-state index contributed by atoms with van der Waals surface area (Å²) in [5.41, 5.74) is 0.485. The lowest BCUT2D eigenvalue weighted by Gasteiger charge is -2.30. The number of rotatable bonds is 5. The number of anilines is 1. The van der Waals surface area contributed by atoms with E-state index in [1.165, 1.54) is 15.2 Å². The third-order valence-corrected chi connectivity index (χ3v) is 6.82. The molecule has 9 nitrogen and oxygen atoms in total. The van der Waals surface area contributed by atoms with Gasteiger partial charge in [-0.15, -0.1) is 0 Å². The van der Waals surface area contributed by atoms with E-state index in [-0.39, 0.29) is 22.8 Å². The third kappa shape index (κ3) is 3.91.